The first-order valence-electron chi connectivity index (χ1n) is 5.18. The molecule has 0 aromatic carbocycles. The average molecular weight is 169 g/mol. The van der Waals surface area contributed by atoms with Crippen LogP contribution in [0.4, 0.5) is 0 Å². The fourth-order valence-corrected chi connectivity index (χ4v) is 1.95. The molecule has 2 rings (SSSR count). The quantitative estimate of drug-likeness (QED) is 0.647. The summed E-state index contributed by atoms with van der Waals surface area (Å²) < 4.78 is 0. The van der Waals surface area contributed by atoms with Crippen LogP contribution in [0.3, 0.4) is 0 Å². The van der Waals surface area contributed by atoms with Crippen molar-refractivity contribution in [2.45, 2.75) is 44.7 Å². The normalized spacial score (nSPS) is 26.2. The lowest BCUT2D eigenvalue weighted by Gasteiger charge is -2.21. The van der Waals surface area contributed by atoms with Gasteiger partial charge in [-0.3, -0.25) is 0 Å². The zero-order valence-corrected chi connectivity index (χ0v) is 7.79. The molecule has 0 aromatic heterocycles. The highest BCUT2D eigenvalue weighted by Gasteiger charge is 2.41. The van der Waals surface area contributed by atoms with Crippen molar-refractivity contribution in [1.29, 1.82) is 0 Å². The highest BCUT2D eigenvalue weighted by atomic mass is 16.3. The van der Waals surface area contributed by atoms with Crippen molar-refractivity contribution in [3.05, 3.63) is 0 Å². The minimum absolute atomic E-state index is 0.274. The lowest BCUT2D eigenvalue weighted by Crippen LogP contribution is -2.41. The Bertz CT molecular complexity index is 140. The van der Waals surface area contributed by atoms with E-state index < -0.39 is 0 Å². The van der Waals surface area contributed by atoms with Gasteiger partial charge in [-0.15, -0.1) is 0 Å². The molecule has 0 saturated heterocycles. The van der Waals surface area contributed by atoms with E-state index in [0.29, 0.717) is 0 Å². The third-order valence-corrected chi connectivity index (χ3v) is 3.01. The Morgan fingerprint density at radius 2 is 1.75 bits per heavy atom. The van der Waals surface area contributed by atoms with Gasteiger partial charge in [-0.25, -0.2) is 0 Å². The summed E-state index contributed by atoms with van der Waals surface area (Å²) >= 11 is 0. The van der Waals surface area contributed by atoms with Crippen molar-refractivity contribution in [2.24, 2.45) is 11.8 Å². The van der Waals surface area contributed by atoms with Crippen LogP contribution in [0.1, 0.15) is 32.6 Å². The second-order valence-electron chi connectivity index (χ2n) is 4.45. The van der Waals surface area contributed by atoms with Crippen LogP contribution in [0.5, 0.6) is 0 Å². The molecule has 1 atom stereocenters. The molecule has 2 saturated carbocycles. The van der Waals surface area contributed by atoms with Gasteiger partial charge in [0, 0.05) is 12.1 Å². The maximum atomic E-state index is 8.93. The van der Waals surface area contributed by atoms with Gasteiger partial charge < -0.3 is 10.4 Å². The second kappa shape index (κ2) is 3.35. The fraction of sp³-hybridized carbons (Fsp3) is 1.00. The van der Waals surface area contributed by atoms with Crippen LogP contribution in [-0.4, -0.2) is 23.8 Å². The van der Waals surface area contributed by atoms with E-state index in [1.54, 1.807) is 0 Å². The van der Waals surface area contributed by atoms with Crippen LogP contribution < -0.4 is 5.32 Å². The summed E-state index contributed by atoms with van der Waals surface area (Å²) in [6.07, 6.45) is 5.64. The monoisotopic (exact) mass is 169 g/mol. The van der Waals surface area contributed by atoms with Gasteiger partial charge in [0.15, 0.2) is 0 Å². The van der Waals surface area contributed by atoms with Crippen LogP contribution in [0.2, 0.25) is 0 Å². The summed E-state index contributed by atoms with van der Waals surface area (Å²) in [6.45, 7) is 2.34. The first kappa shape index (κ1) is 8.52. The fourth-order valence-electron chi connectivity index (χ4n) is 1.95. The van der Waals surface area contributed by atoms with E-state index in [1.165, 1.54) is 25.7 Å². The predicted octanol–water partition coefficient (Wildman–Crippen LogP) is 1.15. The van der Waals surface area contributed by atoms with E-state index in [4.69, 9.17) is 5.11 Å². The van der Waals surface area contributed by atoms with Crippen LogP contribution in [-0.2, 0) is 0 Å². The molecule has 2 heteroatoms. The molecule has 2 nitrogen and oxygen atoms in total. The molecular formula is C10H19NO. The van der Waals surface area contributed by atoms with Crippen molar-refractivity contribution in [1.82, 2.24) is 5.32 Å². The molecule has 70 valence electrons. The van der Waals surface area contributed by atoms with Gasteiger partial charge in [0.2, 0.25) is 0 Å². The summed E-state index contributed by atoms with van der Waals surface area (Å²) in [6, 6.07) is 1.02. The molecular weight excluding hydrogens is 150 g/mol. The van der Waals surface area contributed by atoms with E-state index in [-0.39, 0.29) is 12.6 Å². The standard InChI is InChI=1S/C10H19NO/c1-7(6-12)11-10(8-2-3-8)9-4-5-9/h7-12H,2-6H2,1H3. The number of aliphatic hydroxyl groups is 1. The molecule has 0 spiro atoms. The summed E-state index contributed by atoms with van der Waals surface area (Å²) in [5.41, 5.74) is 0. The number of nitrogens with one attached hydrogen (secondary N) is 1. The molecule has 12 heavy (non-hydrogen) atoms. The minimum Gasteiger partial charge on any atom is -0.395 e. The molecule has 2 aliphatic carbocycles. The van der Waals surface area contributed by atoms with Crippen molar-refractivity contribution in [3.63, 3.8) is 0 Å². The number of aliphatic hydroxyl groups excluding tert-OH is 1. The Labute approximate surface area is 74.4 Å². The summed E-state index contributed by atoms with van der Waals surface area (Å²) in [5.74, 6) is 1.87. The van der Waals surface area contributed by atoms with Crippen molar-refractivity contribution < 1.29 is 5.11 Å². The van der Waals surface area contributed by atoms with Gasteiger partial charge in [0.25, 0.3) is 0 Å². The summed E-state index contributed by atoms with van der Waals surface area (Å²) in [7, 11) is 0. The average Bonchev–Trinajstić information content (AvgIpc) is 2.87. The Morgan fingerprint density at radius 1 is 1.25 bits per heavy atom. The van der Waals surface area contributed by atoms with Gasteiger partial charge in [0.1, 0.15) is 0 Å². The first-order valence-corrected chi connectivity index (χ1v) is 5.18. The van der Waals surface area contributed by atoms with E-state index in [9.17, 15) is 0 Å². The number of rotatable bonds is 5. The summed E-state index contributed by atoms with van der Waals surface area (Å²) in [4.78, 5) is 0. The molecule has 1 unspecified atom stereocenters. The molecule has 2 N–H and O–H groups in total. The van der Waals surface area contributed by atoms with Gasteiger partial charge >= 0.3 is 0 Å². The van der Waals surface area contributed by atoms with E-state index >= 15 is 0 Å². The SMILES string of the molecule is CC(CO)NC(C1CC1)C1CC1. The third-order valence-electron chi connectivity index (χ3n) is 3.01. The molecule has 0 aliphatic heterocycles. The molecule has 2 aliphatic rings. The summed E-state index contributed by atoms with van der Waals surface area (Å²) in [5, 5.41) is 12.5. The van der Waals surface area contributed by atoms with Gasteiger partial charge in [0.05, 0.1) is 6.61 Å². The number of hydrogen-bond donors (Lipinski definition) is 2. The first-order chi connectivity index (χ1) is 5.81. The van der Waals surface area contributed by atoms with E-state index in [2.05, 4.69) is 12.2 Å². The smallest absolute Gasteiger partial charge is 0.0582 e. The van der Waals surface area contributed by atoms with Gasteiger partial charge in [-0.1, -0.05) is 0 Å². The maximum absolute atomic E-state index is 8.93. The van der Waals surface area contributed by atoms with Crippen LogP contribution in [0.25, 0.3) is 0 Å². The van der Waals surface area contributed by atoms with Crippen molar-refractivity contribution in [2.75, 3.05) is 6.61 Å². The van der Waals surface area contributed by atoms with Crippen LogP contribution in [0, 0.1) is 11.8 Å². The topological polar surface area (TPSA) is 32.3 Å². The largest absolute Gasteiger partial charge is 0.395 e. The lowest BCUT2D eigenvalue weighted by molar-refractivity contribution is 0.230. The van der Waals surface area contributed by atoms with Crippen LogP contribution in [0.15, 0.2) is 0 Å². The molecule has 0 radical (unpaired) electrons. The van der Waals surface area contributed by atoms with Crippen LogP contribution >= 0.6 is 0 Å². The van der Waals surface area contributed by atoms with Gasteiger partial charge in [-0.05, 0) is 44.4 Å². The van der Waals surface area contributed by atoms with Gasteiger partial charge in [-0.2, -0.15) is 0 Å². The molecule has 0 bridgehead atoms. The third kappa shape index (κ3) is 1.99. The van der Waals surface area contributed by atoms with E-state index in [1.807, 2.05) is 0 Å². The van der Waals surface area contributed by atoms with Crippen molar-refractivity contribution >= 4 is 0 Å². The second-order valence-corrected chi connectivity index (χ2v) is 4.45. The maximum Gasteiger partial charge on any atom is 0.0582 e. The van der Waals surface area contributed by atoms with Crippen molar-refractivity contribution in [3.8, 4) is 0 Å². The zero-order valence-electron chi connectivity index (χ0n) is 7.79. The zero-order chi connectivity index (χ0) is 8.55. The molecule has 0 amide bonds. The number of hydrogen-bond acceptors (Lipinski definition) is 2. The lowest BCUT2D eigenvalue weighted by atomic mass is 10.1. The Balaban J connectivity index is 1.79. The highest BCUT2D eigenvalue weighted by molar-refractivity contribution is 4.97. The van der Waals surface area contributed by atoms with E-state index in [0.717, 1.165) is 17.9 Å². The Kier molecular flexibility index (Phi) is 2.37. The Morgan fingerprint density at radius 3 is 2.08 bits per heavy atom. The predicted molar refractivity (Wildman–Crippen MR) is 48.9 cm³/mol. The minimum atomic E-state index is 0.274. The Hall–Kier alpha value is -0.0800. The molecule has 2 fully saturated rings. The molecule has 0 aromatic rings. The highest BCUT2D eigenvalue weighted by Crippen LogP contribution is 2.44. The molecule has 0 heterocycles.